The second-order valence-electron chi connectivity index (χ2n) is 13.6. The average Bonchev–Trinajstić information content (AvgIpc) is 3.59. The Balaban J connectivity index is 1.51. The van der Waals surface area contributed by atoms with Crippen LogP contribution < -0.4 is 9.64 Å². The van der Waals surface area contributed by atoms with Crippen molar-refractivity contribution in [2.24, 2.45) is 0 Å². The van der Waals surface area contributed by atoms with Crippen molar-refractivity contribution < 1.29 is 27.5 Å². The smallest absolute Gasteiger partial charge is 0.416 e. The molecule has 2 fully saturated rings. The maximum absolute atomic E-state index is 14.0. The van der Waals surface area contributed by atoms with Crippen LogP contribution in [0.25, 0.3) is 22.2 Å². The predicted octanol–water partition coefficient (Wildman–Crippen LogP) is 6.80. The Morgan fingerprint density at radius 2 is 1.72 bits per heavy atom. The third-order valence-corrected chi connectivity index (χ3v) is 15.9. The summed E-state index contributed by atoms with van der Waals surface area (Å²) in [5.41, 5.74) is 2.14. The Kier molecular flexibility index (Phi) is 8.51. The molecule has 4 aromatic rings. The summed E-state index contributed by atoms with van der Waals surface area (Å²) < 4.78 is 43.6. The summed E-state index contributed by atoms with van der Waals surface area (Å²) in [6, 6.07) is 20.1. The number of carbonyl (C=O) groups is 1. The van der Waals surface area contributed by atoms with E-state index in [1.807, 2.05) is 42.5 Å². The molecule has 10 nitrogen and oxygen atoms in total. The molecule has 0 aliphatic carbocycles. The monoisotopic (exact) mass is 662 g/mol. The summed E-state index contributed by atoms with van der Waals surface area (Å²) >= 11 is 0. The summed E-state index contributed by atoms with van der Waals surface area (Å²) in [4.78, 5) is 19.7. The van der Waals surface area contributed by atoms with Crippen LogP contribution in [0.3, 0.4) is 0 Å². The molecule has 1 N–H and O–H groups in total. The SMILES string of the molecule is CC(C)(C)[Si](C)(C)O[C@H]1CCN(c2nc(OCc3ccccc3)c(S(=O)(=O)N3CCC3)cc2-c2cc3ccccc3n2C(=O)O)C1. The van der Waals surface area contributed by atoms with E-state index in [2.05, 4.69) is 38.8 Å². The largest absolute Gasteiger partial charge is 0.472 e. The molecule has 6 rings (SSSR count). The van der Waals surface area contributed by atoms with Gasteiger partial charge in [-0.1, -0.05) is 69.3 Å². The number of sulfonamides is 1. The molecular weight excluding hydrogens is 621 g/mol. The molecule has 12 heteroatoms. The summed E-state index contributed by atoms with van der Waals surface area (Å²) in [6.07, 6.45) is 0.330. The molecule has 2 aliphatic rings. The van der Waals surface area contributed by atoms with Gasteiger partial charge < -0.3 is 19.2 Å². The van der Waals surface area contributed by atoms with Gasteiger partial charge in [0.15, 0.2) is 8.32 Å². The van der Waals surface area contributed by atoms with E-state index in [-0.39, 0.29) is 28.5 Å². The highest BCUT2D eigenvalue weighted by molar-refractivity contribution is 7.89. The van der Waals surface area contributed by atoms with Gasteiger partial charge in [-0.2, -0.15) is 9.29 Å². The summed E-state index contributed by atoms with van der Waals surface area (Å²) in [5, 5.41) is 11.2. The third kappa shape index (κ3) is 6.06. The van der Waals surface area contributed by atoms with Crippen LogP contribution in [0.4, 0.5) is 10.6 Å². The number of carboxylic acid groups (broad SMARTS) is 1. The first-order valence-electron chi connectivity index (χ1n) is 15.7. The number of hydrogen-bond acceptors (Lipinski definition) is 7. The Bertz CT molecular complexity index is 1870. The molecule has 2 aromatic heterocycles. The van der Waals surface area contributed by atoms with Crippen molar-refractivity contribution in [2.75, 3.05) is 31.1 Å². The number of pyridine rings is 1. The number of benzene rings is 2. The average molecular weight is 663 g/mol. The molecule has 0 radical (unpaired) electrons. The third-order valence-electron chi connectivity index (χ3n) is 9.48. The van der Waals surface area contributed by atoms with E-state index in [0.717, 1.165) is 23.8 Å². The van der Waals surface area contributed by atoms with E-state index in [4.69, 9.17) is 14.1 Å². The lowest BCUT2D eigenvalue weighted by Gasteiger charge is -2.38. The van der Waals surface area contributed by atoms with Crippen LogP contribution in [-0.4, -0.2) is 74.1 Å². The predicted molar refractivity (Wildman–Crippen MR) is 182 cm³/mol. The molecule has 0 bridgehead atoms. The summed E-state index contributed by atoms with van der Waals surface area (Å²) in [7, 11) is -6.04. The Hall–Kier alpha value is -3.71. The number of fused-ring (bicyclic) bond motifs is 1. The molecule has 46 heavy (non-hydrogen) atoms. The lowest BCUT2D eigenvalue weighted by Crippen LogP contribution is -2.44. The summed E-state index contributed by atoms with van der Waals surface area (Å²) in [6.45, 7) is 13.2. The summed E-state index contributed by atoms with van der Waals surface area (Å²) in [5.74, 6) is 0.471. The minimum absolute atomic E-state index is 0.00116. The van der Waals surface area contributed by atoms with Crippen LogP contribution >= 0.6 is 0 Å². The molecule has 0 unspecified atom stereocenters. The second-order valence-corrected chi connectivity index (χ2v) is 20.3. The number of para-hydroxylation sites is 1. The van der Waals surface area contributed by atoms with Gasteiger partial charge in [0, 0.05) is 37.1 Å². The zero-order valence-electron chi connectivity index (χ0n) is 27.1. The van der Waals surface area contributed by atoms with Crippen molar-refractivity contribution in [3.05, 3.63) is 72.3 Å². The van der Waals surface area contributed by atoms with Crippen molar-refractivity contribution in [2.45, 2.75) is 69.4 Å². The van der Waals surface area contributed by atoms with E-state index < -0.39 is 24.4 Å². The fourth-order valence-electron chi connectivity index (χ4n) is 5.75. The van der Waals surface area contributed by atoms with Gasteiger partial charge in [-0.15, -0.1) is 0 Å². The first-order valence-corrected chi connectivity index (χ1v) is 20.1. The number of nitrogens with zero attached hydrogens (tertiary/aromatic N) is 4. The van der Waals surface area contributed by atoms with Gasteiger partial charge in [-0.25, -0.2) is 17.8 Å². The van der Waals surface area contributed by atoms with Crippen molar-refractivity contribution in [1.29, 1.82) is 0 Å². The lowest BCUT2D eigenvalue weighted by atomic mass is 10.1. The minimum atomic E-state index is -3.97. The maximum Gasteiger partial charge on any atom is 0.416 e. The molecule has 0 spiro atoms. The Morgan fingerprint density at radius 1 is 1.02 bits per heavy atom. The van der Waals surface area contributed by atoms with Gasteiger partial charge in [0.2, 0.25) is 15.9 Å². The molecule has 1 atom stereocenters. The number of hydrogen-bond donors (Lipinski definition) is 1. The maximum atomic E-state index is 14.0. The zero-order valence-corrected chi connectivity index (χ0v) is 28.9. The van der Waals surface area contributed by atoms with E-state index in [0.29, 0.717) is 48.8 Å². The molecule has 244 valence electrons. The molecule has 2 aromatic carbocycles. The molecule has 2 saturated heterocycles. The number of ether oxygens (including phenoxy) is 1. The number of anilines is 1. The number of aromatic nitrogens is 2. The zero-order chi connectivity index (χ0) is 32.9. The van der Waals surface area contributed by atoms with Crippen molar-refractivity contribution in [1.82, 2.24) is 13.9 Å². The second kappa shape index (κ2) is 12.1. The normalized spacial score (nSPS) is 17.8. The topological polar surface area (TPSA) is 114 Å². The van der Waals surface area contributed by atoms with Crippen LogP contribution in [0.15, 0.2) is 71.6 Å². The minimum Gasteiger partial charge on any atom is -0.472 e. The fourth-order valence-corrected chi connectivity index (χ4v) is 8.74. The lowest BCUT2D eigenvalue weighted by molar-refractivity contribution is 0.197. The Morgan fingerprint density at radius 3 is 2.37 bits per heavy atom. The molecule has 2 aliphatic heterocycles. The first-order chi connectivity index (χ1) is 21.8. The highest BCUT2D eigenvalue weighted by Gasteiger charge is 2.42. The van der Waals surface area contributed by atoms with Gasteiger partial charge in [-0.05, 0) is 54.7 Å². The van der Waals surface area contributed by atoms with E-state index in [9.17, 15) is 18.3 Å². The van der Waals surface area contributed by atoms with Crippen LogP contribution in [0.5, 0.6) is 5.88 Å². The van der Waals surface area contributed by atoms with E-state index in [1.54, 1.807) is 24.3 Å². The van der Waals surface area contributed by atoms with Crippen LogP contribution in [0.2, 0.25) is 18.1 Å². The van der Waals surface area contributed by atoms with Gasteiger partial charge in [0.05, 0.1) is 17.3 Å². The standard InChI is InChI=1S/C34H42N4O6SSi/c1-34(2,3)46(4,5)44-26-16-19-36(22-26)31-27(29-20-25-14-9-10-15-28(25)38(29)33(39)40)21-30(45(41,42)37-17-11-18-37)32(35-31)43-23-24-12-7-6-8-13-24/h6-10,12-15,20-21,26H,11,16-19,22-23H2,1-5H3,(H,39,40)/t26-/m0/s1. The molecule has 4 heterocycles. The molecule has 0 saturated carbocycles. The van der Waals surface area contributed by atoms with E-state index >= 15 is 0 Å². The van der Waals surface area contributed by atoms with Crippen molar-refractivity contribution >= 4 is 41.2 Å². The fraction of sp³-hybridized carbons (Fsp3) is 0.412. The molecular formula is C34H42N4O6SSi. The highest BCUT2D eigenvalue weighted by Crippen LogP contribution is 2.43. The Labute approximate surface area is 271 Å². The van der Waals surface area contributed by atoms with Gasteiger partial charge in [0.25, 0.3) is 0 Å². The molecule has 0 amide bonds. The van der Waals surface area contributed by atoms with Gasteiger partial charge in [-0.3, -0.25) is 0 Å². The highest BCUT2D eigenvalue weighted by atomic mass is 32.2. The van der Waals surface area contributed by atoms with Crippen molar-refractivity contribution in [3.63, 3.8) is 0 Å². The van der Waals surface area contributed by atoms with Gasteiger partial charge in [0.1, 0.15) is 17.3 Å². The van der Waals surface area contributed by atoms with Gasteiger partial charge >= 0.3 is 6.09 Å². The van der Waals surface area contributed by atoms with E-state index in [1.165, 1.54) is 8.87 Å². The quantitative estimate of drug-likeness (QED) is 0.195. The number of rotatable bonds is 9. The van der Waals surface area contributed by atoms with Crippen LogP contribution in [0.1, 0.15) is 39.2 Å². The van der Waals surface area contributed by atoms with Crippen LogP contribution in [0, 0.1) is 0 Å². The van der Waals surface area contributed by atoms with Crippen molar-refractivity contribution in [3.8, 4) is 17.1 Å². The first kappa shape index (κ1) is 32.2. The van der Waals surface area contributed by atoms with Crippen LogP contribution in [-0.2, 0) is 21.1 Å².